The van der Waals surface area contributed by atoms with E-state index in [0.717, 1.165) is 16.3 Å². The molecule has 1 fully saturated rings. The van der Waals surface area contributed by atoms with Crippen LogP contribution in [0.25, 0.3) is 6.08 Å². The molecule has 1 N–H and O–H groups in total. The van der Waals surface area contributed by atoms with Crippen molar-refractivity contribution in [1.82, 2.24) is 10.3 Å². The van der Waals surface area contributed by atoms with Gasteiger partial charge in [-0.3, -0.25) is 4.79 Å². The van der Waals surface area contributed by atoms with Crippen LogP contribution in [0.3, 0.4) is 0 Å². The summed E-state index contributed by atoms with van der Waals surface area (Å²) in [4.78, 5) is 16.9. The molecule has 1 aromatic heterocycles. The Morgan fingerprint density at radius 3 is 2.90 bits per heavy atom. The Bertz CT molecular complexity index is 507. The predicted molar refractivity (Wildman–Crippen MR) is 83.0 cm³/mol. The van der Waals surface area contributed by atoms with Crippen LogP contribution >= 0.6 is 11.3 Å². The quantitative estimate of drug-likeness (QED) is 0.820. The number of hydrogen-bond donors (Lipinski definition) is 1. The van der Waals surface area contributed by atoms with Gasteiger partial charge < -0.3 is 14.8 Å². The summed E-state index contributed by atoms with van der Waals surface area (Å²) in [6, 6.07) is 0. The van der Waals surface area contributed by atoms with Crippen LogP contribution in [0.5, 0.6) is 0 Å². The number of hydrogen-bond acceptors (Lipinski definition) is 5. The van der Waals surface area contributed by atoms with Gasteiger partial charge in [0.15, 0.2) is 5.79 Å². The number of carbonyl (C=O) groups excluding carboxylic acids is 1. The molecule has 0 bridgehead atoms. The molecule has 116 valence electrons. The molecule has 1 saturated heterocycles. The molecule has 6 heteroatoms. The van der Waals surface area contributed by atoms with Crippen LogP contribution in [0.15, 0.2) is 12.3 Å². The lowest BCUT2D eigenvalue weighted by atomic mass is 10.0. The van der Waals surface area contributed by atoms with Gasteiger partial charge >= 0.3 is 0 Å². The second-order valence-corrected chi connectivity index (χ2v) is 6.77. The minimum absolute atomic E-state index is 0.0914. The molecule has 21 heavy (non-hydrogen) atoms. The fourth-order valence-electron chi connectivity index (χ4n) is 2.33. The Morgan fingerprint density at radius 1 is 1.57 bits per heavy atom. The van der Waals surface area contributed by atoms with E-state index in [4.69, 9.17) is 9.47 Å². The van der Waals surface area contributed by atoms with Crippen molar-refractivity contribution in [2.75, 3.05) is 19.8 Å². The van der Waals surface area contributed by atoms with E-state index in [1.807, 2.05) is 13.8 Å². The molecule has 5 nitrogen and oxygen atoms in total. The van der Waals surface area contributed by atoms with Gasteiger partial charge in [0.1, 0.15) is 0 Å². The van der Waals surface area contributed by atoms with Gasteiger partial charge in [-0.2, -0.15) is 0 Å². The molecule has 2 rings (SSSR count). The first-order chi connectivity index (χ1) is 9.97. The van der Waals surface area contributed by atoms with Crippen molar-refractivity contribution >= 4 is 23.3 Å². The zero-order valence-corrected chi connectivity index (χ0v) is 13.5. The number of nitrogens with zero attached hydrogens (tertiary/aromatic N) is 1. The number of nitrogens with one attached hydrogen (secondary N) is 1. The monoisotopic (exact) mass is 310 g/mol. The van der Waals surface area contributed by atoms with Gasteiger partial charge in [-0.25, -0.2) is 4.98 Å². The minimum atomic E-state index is -0.500. The lowest BCUT2D eigenvalue weighted by molar-refractivity contribution is -0.154. The Kier molecular flexibility index (Phi) is 5.50. The van der Waals surface area contributed by atoms with Crippen molar-refractivity contribution in [3.8, 4) is 0 Å². The third kappa shape index (κ3) is 5.22. The van der Waals surface area contributed by atoms with Crippen LogP contribution in [0, 0.1) is 12.8 Å². The Morgan fingerprint density at radius 2 is 2.29 bits per heavy atom. The molecule has 1 atom stereocenters. The number of aromatic nitrogens is 1. The van der Waals surface area contributed by atoms with Gasteiger partial charge in [-0.1, -0.05) is 6.92 Å². The molecule has 1 aliphatic rings. The van der Waals surface area contributed by atoms with Crippen molar-refractivity contribution in [2.24, 2.45) is 5.92 Å². The maximum Gasteiger partial charge on any atom is 0.244 e. The number of amides is 1. The molecule has 0 aromatic carbocycles. The first-order valence-corrected chi connectivity index (χ1v) is 7.95. The molecule has 0 radical (unpaired) electrons. The van der Waals surface area contributed by atoms with Crippen molar-refractivity contribution in [1.29, 1.82) is 0 Å². The second kappa shape index (κ2) is 7.15. The van der Waals surface area contributed by atoms with E-state index in [1.54, 1.807) is 29.7 Å². The largest absolute Gasteiger partial charge is 0.352 e. The lowest BCUT2D eigenvalue weighted by Gasteiger charge is -2.25. The van der Waals surface area contributed by atoms with Crippen molar-refractivity contribution in [3.05, 3.63) is 22.2 Å². The Balaban J connectivity index is 1.72. The third-order valence-corrected chi connectivity index (χ3v) is 4.16. The molecule has 2 heterocycles. The highest BCUT2D eigenvalue weighted by molar-refractivity contribution is 7.12. The summed E-state index contributed by atoms with van der Waals surface area (Å²) in [6.45, 7) is 7.86. The number of aryl methyl sites for hydroxylation is 1. The molecule has 1 aliphatic heterocycles. The Labute approximate surface area is 129 Å². The van der Waals surface area contributed by atoms with Crippen molar-refractivity contribution < 1.29 is 14.3 Å². The first kappa shape index (κ1) is 16.1. The van der Waals surface area contributed by atoms with E-state index < -0.39 is 5.79 Å². The highest BCUT2D eigenvalue weighted by atomic mass is 32.1. The van der Waals surface area contributed by atoms with Crippen LogP contribution < -0.4 is 5.32 Å². The van der Waals surface area contributed by atoms with Gasteiger partial charge in [0.25, 0.3) is 0 Å². The number of rotatable bonds is 6. The average Bonchev–Trinajstić information content (AvgIpc) is 3.03. The first-order valence-electron chi connectivity index (χ1n) is 7.13. The van der Waals surface area contributed by atoms with Gasteiger partial charge in [0.2, 0.25) is 5.91 Å². The van der Waals surface area contributed by atoms with E-state index in [2.05, 4.69) is 17.2 Å². The van der Waals surface area contributed by atoms with E-state index in [0.29, 0.717) is 19.8 Å². The van der Waals surface area contributed by atoms with Gasteiger partial charge in [-0.05, 0) is 25.8 Å². The van der Waals surface area contributed by atoms with Crippen LogP contribution in [0.1, 0.15) is 30.2 Å². The van der Waals surface area contributed by atoms with E-state index in [1.165, 1.54) is 0 Å². The zero-order valence-electron chi connectivity index (χ0n) is 12.7. The molecular weight excluding hydrogens is 288 g/mol. The molecular formula is C15H22N2O3S. The lowest BCUT2D eigenvalue weighted by Crippen LogP contribution is -2.33. The number of ether oxygens (including phenoxy) is 2. The zero-order chi connectivity index (χ0) is 15.3. The molecule has 1 unspecified atom stereocenters. The SMILES string of the molecule is Cc1ncc(C=CC(=O)NCC(C)CC2(C)OCCO2)s1. The summed E-state index contributed by atoms with van der Waals surface area (Å²) < 4.78 is 11.1. The smallest absolute Gasteiger partial charge is 0.244 e. The van der Waals surface area contributed by atoms with Crippen molar-refractivity contribution in [3.63, 3.8) is 0 Å². The predicted octanol–water partition coefficient (Wildman–Crippen LogP) is 2.37. The summed E-state index contributed by atoms with van der Waals surface area (Å²) in [5, 5.41) is 3.89. The van der Waals surface area contributed by atoms with Crippen LogP contribution in [-0.4, -0.2) is 36.4 Å². The van der Waals surface area contributed by atoms with E-state index in [-0.39, 0.29) is 11.8 Å². The number of carbonyl (C=O) groups is 1. The fourth-order valence-corrected chi connectivity index (χ4v) is 3.01. The maximum absolute atomic E-state index is 11.8. The second-order valence-electron chi connectivity index (χ2n) is 5.50. The molecule has 1 amide bonds. The third-order valence-electron chi connectivity index (χ3n) is 3.28. The van der Waals surface area contributed by atoms with Crippen LogP contribution in [0.2, 0.25) is 0 Å². The van der Waals surface area contributed by atoms with Gasteiger partial charge in [0, 0.05) is 30.1 Å². The summed E-state index contributed by atoms with van der Waals surface area (Å²) in [5.74, 6) is -0.303. The van der Waals surface area contributed by atoms with Crippen molar-refractivity contribution in [2.45, 2.75) is 33.0 Å². The molecule has 0 spiro atoms. The van der Waals surface area contributed by atoms with Gasteiger partial charge in [-0.15, -0.1) is 11.3 Å². The summed E-state index contributed by atoms with van der Waals surface area (Å²) >= 11 is 1.56. The summed E-state index contributed by atoms with van der Waals surface area (Å²) in [5.41, 5.74) is 0. The average molecular weight is 310 g/mol. The normalized spacial score (nSPS) is 19.0. The highest BCUT2D eigenvalue weighted by Gasteiger charge is 2.32. The molecule has 1 aromatic rings. The van der Waals surface area contributed by atoms with E-state index >= 15 is 0 Å². The fraction of sp³-hybridized carbons (Fsp3) is 0.600. The minimum Gasteiger partial charge on any atom is -0.352 e. The molecule has 0 saturated carbocycles. The standard InChI is InChI=1S/C15H22N2O3S/c1-11(8-15(3)19-6-7-20-15)9-17-14(18)5-4-13-10-16-12(2)21-13/h4-5,10-11H,6-9H2,1-3H3,(H,17,18). The van der Waals surface area contributed by atoms with Crippen LogP contribution in [0.4, 0.5) is 0 Å². The topological polar surface area (TPSA) is 60.5 Å². The van der Waals surface area contributed by atoms with Gasteiger partial charge in [0.05, 0.1) is 18.2 Å². The summed E-state index contributed by atoms with van der Waals surface area (Å²) in [6.07, 6.45) is 5.87. The molecule has 0 aliphatic carbocycles. The maximum atomic E-state index is 11.8. The van der Waals surface area contributed by atoms with E-state index in [9.17, 15) is 4.79 Å². The Hall–Kier alpha value is -1.24. The summed E-state index contributed by atoms with van der Waals surface area (Å²) in [7, 11) is 0. The highest BCUT2D eigenvalue weighted by Crippen LogP contribution is 2.26. The van der Waals surface area contributed by atoms with Crippen LogP contribution in [-0.2, 0) is 14.3 Å². The number of thiazole rings is 1.